The topological polar surface area (TPSA) is 55.8 Å². The summed E-state index contributed by atoms with van der Waals surface area (Å²) >= 11 is 0. The van der Waals surface area contributed by atoms with Crippen molar-refractivity contribution >= 4 is 12.1 Å². The second-order valence-corrected chi connectivity index (χ2v) is 6.89. The van der Waals surface area contributed by atoms with E-state index in [1.54, 1.807) is 11.8 Å². The molecule has 0 aliphatic carbocycles. The summed E-state index contributed by atoms with van der Waals surface area (Å²) in [6, 6.07) is 0. The second-order valence-electron chi connectivity index (χ2n) is 6.89. The van der Waals surface area contributed by atoms with Crippen LogP contribution in [0.1, 0.15) is 66.7 Å². The molecule has 1 heterocycles. The average Bonchev–Trinajstić information content (AvgIpc) is 2.35. The van der Waals surface area contributed by atoms with Gasteiger partial charge in [-0.15, -0.1) is 0 Å². The zero-order chi connectivity index (χ0) is 16.1. The van der Waals surface area contributed by atoms with Gasteiger partial charge < -0.3 is 14.4 Å². The predicted octanol–water partition coefficient (Wildman–Crippen LogP) is 3.51. The highest BCUT2D eigenvalue weighted by molar-refractivity contribution is 5.71. The number of ether oxygens (including phenoxy) is 2. The Morgan fingerprint density at radius 1 is 1.24 bits per heavy atom. The lowest BCUT2D eigenvalue weighted by atomic mass is 9.84. The second kappa shape index (κ2) is 7.14. The Kier molecular flexibility index (Phi) is 6.05. The Morgan fingerprint density at radius 3 is 2.48 bits per heavy atom. The monoisotopic (exact) mass is 299 g/mol. The molecule has 21 heavy (non-hydrogen) atoms. The van der Waals surface area contributed by atoms with Crippen LogP contribution in [0.4, 0.5) is 4.79 Å². The summed E-state index contributed by atoms with van der Waals surface area (Å²) in [6.45, 7) is 10.5. The van der Waals surface area contributed by atoms with E-state index < -0.39 is 5.60 Å². The summed E-state index contributed by atoms with van der Waals surface area (Å²) in [5.41, 5.74) is -0.829. The van der Waals surface area contributed by atoms with Gasteiger partial charge in [0.2, 0.25) is 0 Å². The minimum absolute atomic E-state index is 0.201. The number of piperidine rings is 1. The van der Waals surface area contributed by atoms with E-state index in [2.05, 4.69) is 0 Å². The number of rotatable bonds is 4. The molecule has 1 saturated heterocycles. The number of hydrogen-bond donors (Lipinski definition) is 0. The van der Waals surface area contributed by atoms with Gasteiger partial charge in [-0.05, 0) is 60.3 Å². The third kappa shape index (κ3) is 5.56. The van der Waals surface area contributed by atoms with Crippen molar-refractivity contribution in [3.05, 3.63) is 0 Å². The first-order valence-electron chi connectivity index (χ1n) is 7.84. The van der Waals surface area contributed by atoms with Crippen LogP contribution in [0.15, 0.2) is 0 Å². The molecule has 0 spiro atoms. The summed E-state index contributed by atoms with van der Waals surface area (Å²) in [4.78, 5) is 25.8. The van der Waals surface area contributed by atoms with Crippen LogP contribution in [-0.2, 0) is 14.3 Å². The minimum Gasteiger partial charge on any atom is -0.466 e. The van der Waals surface area contributed by atoms with Crippen molar-refractivity contribution in [2.45, 2.75) is 77.9 Å². The molecule has 1 aliphatic rings. The Bertz CT molecular complexity index is 375. The largest absolute Gasteiger partial charge is 0.466 e. The van der Waals surface area contributed by atoms with Crippen molar-refractivity contribution < 1.29 is 19.1 Å². The highest BCUT2D eigenvalue weighted by Gasteiger charge is 2.39. The minimum atomic E-state index is -0.503. The predicted molar refractivity (Wildman–Crippen MR) is 81.1 cm³/mol. The summed E-state index contributed by atoms with van der Waals surface area (Å²) in [6.07, 6.45) is 3.61. The van der Waals surface area contributed by atoms with E-state index in [1.807, 2.05) is 27.7 Å². The zero-order valence-electron chi connectivity index (χ0n) is 14.0. The van der Waals surface area contributed by atoms with Gasteiger partial charge in [0.1, 0.15) is 5.60 Å². The summed E-state index contributed by atoms with van der Waals surface area (Å²) in [5, 5.41) is 0. The first-order valence-corrected chi connectivity index (χ1v) is 7.84. The summed E-state index contributed by atoms with van der Waals surface area (Å²) < 4.78 is 10.5. The van der Waals surface area contributed by atoms with Gasteiger partial charge in [-0.1, -0.05) is 0 Å². The number of likely N-dealkylation sites (tertiary alicyclic amines) is 1. The Balaban J connectivity index is 2.70. The maximum atomic E-state index is 12.4. The quantitative estimate of drug-likeness (QED) is 0.745. The highest BCUT2D eigenvalue weighted by atomic mass is 16.6. The average molecular weight is 299 g/mol. The fourth-order valence-electron chi connectivity index (χ4n) is 2.67. The van der Waals surface area contributed by atoms with Gasteiger partial charge in [-0.3, -0.25) is 4.79 Å². The number of carbonyl (C=O) groups is 2. The van der Waals surface area contributed by atoms with Crippen molar-refractivity contribution in [3.63, 3.8) is 0 Å². The first kappa shape index (κ1) is 17.8. The molecule has 1 unspecified atom stereocenters. The molecule has 122 valence electrons. The molecule has 0 saturated carbocycles. The van der Waals surface area contributed by atoms with Gasteiger partial charge >= 0.3 is 12.1 Å². The molecule has 1 amide bonds. The van der Waals surface area contributed by atoms with Gasteiger partial charge in [-0.25, -0.2) is 4.79 Å². The van der Waals surface area contributed by atoms with Crippen LogP contribution in [0.2, 0.25) is 0 Å². The van der Waals surface area contributed by atoms with E-state index in [1.165, 1.54) is 0 Å². The van der Waals surface area contributed by atoms with E-state index in [4.69, 9.17) is 9.47 Å². The number of esters is 1. The molecule has 0 radical (unpaired) electrons. The van der Waals surface area contributed by atoms with Crippen LogP contribution < -0.4 is 0 Å². The first-order chi connectivity index (χ1) is 9.68. The van der Waals surface area contributed by atoms with E-state index in [-0.39, 0.29) is 17.6 Å². The van der Waals surface area contributed by atoms with Gasteiger partial charge in [0, 0.05) is 18.5 Å². The SMILES string of the molecule is CCOC(=O)CCC1(C)CCCCN1C(=O)OC(C)(C)C. The molecule has 5 heteroatoms. The molecule has 1 fully saturated rings. The van der Waals surface area contributed by atoms with Gasteiger partial charge in [0.15, 0.2) is 0 Å². The van der Waals surface area contributed by atoms with Crippen LogP contribution in [-0.4, -0.2) is 41.3 Å². The Labute approximate surface area is 128 Å². The molecule has 1 atom stereocenters. The van der Waals surface area contributed by atoms with Crippen molar-refractivity contribution in [2.24, 2.45) is 0 Å². The van der Waals surface area contributed by atoms with Gasteiger partial charge in [0.05, 0.1) is 6.61 Å². The molecule has 0 aromatic heterocycles. The smallest absolute Gasteiger partial charge is 0.410 e. The van der Waals surface area contributed by atoms with Crippen LogP contribution in [0, 0.1) is 0 Å². The standard InChI is InChI=1S/C16H29NO4/c1-6-20-13(18)9-11-16(5)10-7-8-12-17(16)14(19)21-15(2,3)4/h6-12H2,1-5H3. The molecule has 0 bridgehead atoms. The lowest BCUT2D eigenvalue weighted by Gasteiger charge is -2.45. The van der Waals surface area contributed by atoms with E-state index >= 15 is 0 Å². The molecule has 5 nitrogen and oxygen atoms in total. The Hall–Kier alpha value is -1.26. The molecule has 1 rings (SSSR count). The molecule has 0 aromatic rings. The van der Waals surface area contributed by atoms with Crippen LogP contribution in [0.25, 0.3) is 0 Å². The maximum Gasteiger partial charge on any atom is 0.410 e. The van der Waals surface area contributed by atoms with Crippen molar-refractivity contribution in [3.8, 4) is 0 Å². The number of hydrogen-bond acceptors (Lipinski definition) is 4. The van der Waals surface area contributed by atoms with Crippen LogP contribution >= 0.6 is 0 Å². The Morgan fingerprint density at radius 2 is 1.90 bits per heavy atom. The molecular formula is C16H29NO4. The van der Waals surface area contributed by atoms with E-state index in [0.29, 0.717) is 26.0 Å². The molecule has 0 N–H and O–H groups in total. The van der Waals surface area contributed by atoms with Crippen molar-refractivity contribution in [1.29, 1.82) is 0 Å². The fourth-order valence-corrected chi connectivity index (χ4v) is 2.67. The molecule has 0 aromatic carbocycles. The van der Waals surface area contributed by atoms with Crippen LogP contribution in [0.3, 0.4) is 0 Å². The van der Waals surface area contributed by atoms with Gasteiger partial charge in [-0.2, -0.15) is 0 Å². The van der Waals surface area contributed by atoms with Gasteiger partial charge in [0.25, 0.3) is 0 Å². The van der Waals surface area contributed by atoms with Crippen molar-refractivity contribution in [1.82, 2.24) is 4.90 Å². The third-order valence-corrected chi connectivity index (χ3v) is 3.79. The fraction of sp³-hybridized carbons (Fsp3) is 0.875. The van der Waals surface area contributed by atoms with E-state index in [0.717, 1.165) is 19.3 Å². The summed E-state index contributed by atoms with van der Waals surface area (Å²) in [7, 11) is 0. The summed E-state index contributed by atoms with van der Waals surface area (Å²) in [5.74, 6) is -0.201. The number of nitrogens with zero attached hydrogens (tertiary/aromatic N) is 1. The van der Waals surface area contributed by atoms with E-state index in [9.17, 15) is 9.59 Å². The lowest BCUT2D eigenvalue weighted by molar-refractivity contribution is -0.144. The number of carbonyl (C=O) groups excluding carboxylic acids is 2. The molecule has 1 aliphatic heterocycles. The lowest BCUT2D eigenvalue weighted by Crippen LogP contribution is -2.54. The zero-order valence-corrected chi connectivity index (χ0v) is 14.0. The van der Waals surface area contributed by atoms with Crippen molar-refractivity contribution in [2.75, 3.05) is 13.2 Å². The number of amides is 1. The van der Waals surface area contributed by atoms with Crippen LogP contribution in [0.5, 0.6) is 0 Å². The normalized spacial score (nSPS) is 22.8. The molecular weight excluding hydrogens is 270 g/mol. The highest BCUT2D eigenvalue weighted by Crippen LogP contribution is 2.33. The maximum absolute atomic E-state index is 12.4. The third-order valence-electron chi connectivity index (χ3n) is 3.79.